The average Bonchev–Trinajstić information content (AvgIpc) is 2.89. The summed E-state index contributed by atoms with van der Waals surface area (Å²) in [7, 11) is -3.23. The molecule has 0 aromatic heterocycles. The van der Waals surface area contributed by atoms with E-state index in [1.54, 1.807) is 24.3 Å². The van der Waals surface area contributed by atoms with Crippen molar-refractivity contribution in [3.8, 4) is 0 Å². The second-order valence-corrected chi connectivity index (χ2v) is 7.26. The number of benzene rings is 2. The van der Waals surface area contributed by atoms with Crippen molar-refractivity contribution in [2.75, 3.05) is 21.9 Å². The van der Waals surface area contributed by atoms with E-state index < -0.39 is 10.0 Å². The summed E-state index contributed by atoms with van der Waals surface area (Å²) in [6, 6.07) is 11.8. The van der Waals surface area contributed by atoms with E-state index in [0.29, 0.717) is 29.9 Å². The van der Waals surface area contributed by atoms with Crippen molar-refractivity contribution in [1.82, 2.24) is 0 Å². The number of rotatable bonds is 3. The number of carbonyl (C=O) groups is 1. The Morgan fingerprint density at radius 1 is 1.04 bits per heavy atom. The van der Waals surface area contributed by atoms with Gasteiger partial charge in [-0.2, -0.15) is 0 Å². The molecule has 0 aliphatic carbocycles. The molecular formula is C16H15FN2O3S. The SMILES string of the molecule is O=C(Nc1ccc(F)cc1)c1ccc(N2CCCS2(=O)=O)cc1. The first-order valence-electron chi connectivity index (χ1n) is 7.13. The topological polar surface area (TPSA) is 66.5 Å². The number of carbonyl (C=O) groups excluding carboxylic acids is 1. The molecule has 1 heterocycles. The third kappa shape index (κ3) is 3.34. The minimum atomic E-state index is -3.23. The molecular weight excluding hydrogens is 319 g/mol. The Balaban J connectivity index is 1.74. The molecule has 0 radical (unpaired) electrons. The maximum atomic E-state index is 12.8. The van der Waals surface area contributed by atoms with Gasteiger partial charge < -0.3 is 5.32 Å². The third-order valence-electron chi connectivity index (χ3n) is 3.62. The average molecular weight is 334 g/mol. The molecule has 7 heteroatoms. The first-order chi connectivity index (χ1) is 11.0. The summed E-state index contributed by atoms with van der Waals surface area (Å²) < 4.78 is 37.9. The summed E-state index contributed by atoms with van der Waals surface area (Å²) >= 11 is 0. The van der Waals surface area contributed by atoms with Crippen LogP contribution in [0.3, 0.4) is 0 Å². The van der Waals surface area contributed by atoms with Crippen LogP contribution < -0.4 is 9.62 Å². The van der Waals surface area contributed by atoms with E-state index in [0.717, 1.165) is 0 Å². The van der Waals surface area contributed by atoms with Gasteiger partial charge in [-0.25, -0.2) is 12.8 Å². The fourth-order valence-corrected chi connectivity index (χ4v) is 4.01. The predicted octanol–water partition coefficient (Wildman–Crippen LogP) is 2.62. The fraction of sp³-hybridized carbons (Fsp3) is 0.188. The highest BCUT2D eigenvalue weighted by atomic mass is 32.2. The highest BCUT2D eigenvalue weighted by molar-refractivity contribution is 7.93. The monoisotopic (exact) mass is 334 g/mol. The number of anilines is 2. The van der Waals surface area contributed by atoms with Gasteiger partial charge in [-0.05, 0) is 55.0 Å². The molecule has 0 bridgehead atoms. The molecule has 0 unspecified atom stereocenters. The molecule has 1 aliphatic heterocycles. The Morgan fingerprint density at radius 2 is 1.70 bits per heavy atom. The van der Waals surface area contributed by atoms with Crippen molar-refractivity contribution in [2.24, 2.45) is 0 Å². The third-order valence-corrected chi connectivity index (χ3v) is 5.49. The largest absolute Gasteiger partial charge is 0.322 e. The Hall–Kier alpha value is -2.41. The minimum absolute atomic E-state index is 0.153. The number of halogens is 1. The molecule has 3 rings (SSSR count). The van der Waals surface area contributed by atoms with Gasteiger partial charge in [0.1, 0.15) is 5.82 Å². The number of nitrogens with one attached hydrogen (secondary N) is 1. The molecule has 1 saturated heterocycles. The van der Waals surface area contributed by atoms with Crippen LogP contribution in [-0.2, 0) is 10.0 Å². The van der Waals surface area contributed by atoms with E-state index in [9.17, 15) is 17.6 Å². The number of hydrogen-bond acceptors (Lipinski definition) is 3. The van der Waals surface area contributed by atoms with Crippen molar-refractivity contribution in [1.29, 1.82) is 0 Å². The summed E-state index contributed by atoms with van der Waals surface area (Å²) in [6.07, 6.45) is 0.606. The van der Waals surface area contributed by atoms with Crippen molar-refractivity contribution in [3.05, 3.63) is 59.9 Å². The second-order valence-electron chi connectivity index (χ2n) is 5.25. The molecule has 2 aromatic carbocycles. The standard InChI is InChI=1S/C16H15FN2O3S/c17-13-4-6-14(7-5-13)18-16(20)12-2-8-15(9-3-12)19-10-1-11-23(19,21)22/h2-9H,1,10-11H2,(H,18,20). The van der Waals surface area contributed by atoms with Gasteiger partial charge in [-0.1, -0.05) is 0 Å². The van der Waals surface area contributed by atoms with Crippen LogP contribution >= 0.6 is 0 Å². The van der Waals surface area contributed by atoms with Crippen molar-refractivity contribution >= 4 is 27.3 Å². The molecule has 1 N–H and O–H groups in total. The van der Waals surface area contributed by atoms with Crippen LogP contribution in [0.15, 0.2) is 48.5 Å². The highest BCUT2D eigenvalue weighted by Crippen LogP contribution is 2.24. The molecule has 1 amide bonds. The van der Waals surface area contributed by atoms with Gasteiger partial charge in [0.05, 0.1) is 11.4 Å². The van der Waals surface area contributed by atoms with Crippen LogP contribution in [0.5, 0.6) is 0 Å². The molecule has 120 valence electrons. The van der Waals surface area contributed by atoms with Gasteiger partial charge in [0.2, 0.25) is 10.0 Å². The van der Waals surface area contributed by atoms with Crippen molar-refractivity contribution in [2.45, 2.75) is 6.42 Å². The van der Waals surface area contributed by atoms with Gasteiger partial charge in [-0.15, -0.1) is 0 Å². The molecule has 23 heavy (non-hydrogen) atoms. The summed E-state index contributed by atoms with van der Waals surface area (Å²) in [6.45, 7) is 0.462. The molecule has 1 aliphatic rings. The second kappa shape index (κ2) is 6.00. The molecule has 1 fully saturated rings. The van der Waals surface area contributed by atoms with E-state index >= 15 is 0 Å². The van der Waals surface area contributed by atoms with Gasteiger partial charge in [0, 0.05) is 17.8 Å². The van der Waals surface area contributed by atoms with Crippen LogP contribution in [0, 0.1) is 5.82 Å². The summed E-state index contributed by atoms with van der Waals surface area (Å²) in [5, 5.41) is 2.65. The Morgan fingerprint density at radius 3 is 2.26 bits per heavy atom. The van der Waals surface area contributed by atoms with Crippen molar-refractivity contribution < 1.29 is 17.6 Å². The van der Waals surface area contributed by atoms with Crippen LogP contribution in [0.25, 0.3) is 0 Å². The maximum Gasteiger partial charge on any atom is 0.255 e. The number of hydrogen-bond donors (Lipinski definition) is 1. The number of amides is 1. The van der Waals surface area contributed by atoms with Crippen molar-refractivity contribution in [3.63, 3.8) is 0 Å². The molecule has 5 nitrogen and oxygen atoms in total. The minimum Gasteiger partial charge on any atom is -0.322 e. The van der Waals surface area contributed by atoms with Gasteiger partial charge in [-0.3, -0.25) is 9.10 Å². The Kier molecular flexibility index (Phi) is 4.04. The van der Waals surface area contributed by atoms with Gasteiger partial charge >= 0.3 is 0 Å². The summed E-state index contributed by atoms with van der Waals surface area (Å²) in [5.41, 5.74) is 1.44. The number of nitrogens with zero attached hydrogens (tertiary/aromatic N) is 1. The normalized spacial score (nSPS) is 16.3. The first-order valence-corrected chi connectivity index (χ1v) is 8.74. The lowest BCUT2D eigenvalue weighted by atomic mass is 10.2. The zero-order valence-corrected chi connectivity index (χ0v) is 13.0. The van der Waals surface area contributed by atoms with Crippen LogP contribution in [0.2, 0.25) is 0 Å². The lowest BCUT2D eigenvalue weighted by molar-refractivity contribution is 0.102. The van der Waals surface area contributed by atoms with Crippen LogP contribution in [0.4, 0.5) is 15.8 Å². The van der Waals surface area contributed by atoms with E-state index in [2.05, 4.69) is 5.32 Å². The quantitative estimate of drug-likeness (QED) is 0.938. The summed E-state index contributed by atoms with van der Waals surface area (Å²) in [5.74, 6) is -0.564. The Bertz CT molecular complexity index is 817. The summed E-state index contributed by atoms with van der Waals surface area (Å²) in [4.78, 5) is 12.1. The van der Waals surface area contributed by atoms with E-state index in [-0.39, 0.29) is 17.5 Å². The maximum absolute atomic E-state index is 12.8. The fourth-order valence-electron chi connectivity index (χ4n) is 2.45. The zero-order valence-electron chi connectivity index (χ0n) is 12.2. The van der Waals surface area contributed by atoms with E-state index in [4.69, 9.17) is 0 Å². The highest BCUT2D eigenvalue weighted by Gasteiger charge is 2.28. The van der Waals surface area contributed by atoms with Crippen LogP contribution in [0.1, 0.15) is 16.8 Å². The van der Waals surface area contributed by atoms with Gasteiger partial charge in [0.25, 0.3) is 5.91 Å². The number of sulfonamides is 1. The van der Waals surface area contributed by atoms with Gasteiger partial charge in [0.15, 0.2) is 0 Å². The van der Waals surface area contributed by atoms with E-state index in [1.165, 1.54) is 28.6 Å². The predicted molar refractivity (Wildman–Crippen MR) is 86.5 cm³/mol. The van der Waals surface area contributed by atoms with Crippen LogP contribution in [-0.4, -0.2) is 26.6 Å². The smallest absolute Gasteiger partial charge is 0.255 e. The molecule has 0 spiro atoms. The van der Waals surface area contributed by atoms with E-state index in [1.807, 2.05) is 0 Å². The molecule has 2 aromatic rings. The first kappa shape index (κ1) is 15.5. The lowest BCUT2D eigenvalue weighted by Crippen LogP contribution is -2.25. The lowest BCUT2D eigenvalue weighted by Gasteiger charge is -2.17. The zero-order chi connectivity index (χ0) is 16.4. The molecule has 0 atom stereocenters. The Labute approximate surface area is 133 Å². The molecule has 0 saturated carbocycles.